The molecule has 9 heteroatoms. The van der Waals surface area contributed by atoms with E-state index >= 15 is 0 Å². The molecular weight excluding hydrogens is 372 g/mol. The van der Waals surface area contributed by atoms with Crippen LogP contribution in [0.5, 0.6) is 0 Å². The largest absolute Gasteiger partial charge is 0.370 e. The quantitative estimate of drug-likeness (QED) is 0.642. The second-order valence-corrected chi connectivity index (χ2v) is 7.63. The minimum atomic E-state index is -0.128. The van der Waals surface area contributed by atoms with Crippen molar-refractivity contribution in [1.82, 2.24) is 24.9 Å². The maximum absolute atomic E-state index is 12.9. The number of piperidine rings is 1. The van der Waals surface area contributed by atoms with E-state index in [1.165, 1.54) is 4.68 Å². The summed E-state index contributed by atoms with van der Waals surface area (Å²) >= 11 is 0. The molecule has 0 atom stereocenters. The van der Waals surface area contributed by atoms with Crippen molar-refractivity contribution in [2.45, 2.75) is 12.8 Å². The Hall–Kier alpha value is -2.68. The highest BCUT2D eigenvalue weighted by Gasteiger charge is 2.31. The topological polar surface area (TPSA) is 90.8 Å². The van der Waals surface area contributed by atoms with Crippen molar-refractivity contribution in [2.24, 2.45) is 13.0 Å². The molecule has 158 valence electrons. The monoisotopic (exact) mass is 402 g/mol. The molecule has 0 aliphatic carbocycles. The molecule has 9 nitrogen and oxygen atoms in total. The number of carbonyl (C=O) groups is 2. The van der Waals surface area contributed by atoms with Gasteiger partial charge in [0.15, 0.2) is 0 Å². The van der Waals surface area contributed by atoms with Gasteiger partial charge in [0.25, 0.3) is 5.56 Å². The molecule has 3 rings (SSSR count). The van der Waals surface area contributed by atoms with Crippen LogP contribution in [0.25, 0.3) is 0 Å². The third-order valence-electron chi connectivity index (χ3n) is 5.66. The van der Waals surface area contributed by atoms with Crippen molar-refractivity contribution >= 4 is 17.5 Å². The minimum Gasteiger partial charge on any atom is -0.370 e. The Morgan fingerprint density at radius 2 is 1.90 bits per heavy atom. The van der Waals surface area contributed by atoms with E-state index < -0.39 is 0 Å². The number of aromatic nitrogens is 2. The van der Waals surface area contributed by atoms with Crippen LogP contribution in [0.2, 0.25) is 0 Å². The molecule has 3 heterocycles. The lowest BCUT2D eigenvalue weighted by molar-refractivity contribution is -0.138. The van der Waals surface area contributed by atoms with E-state index in [2.05, 4.69) is 26.8 Å². The molecule has 0 saturated carbocycles. The summed E-state index contributed by atoms with van der Waals surface area (Å²) < 4.78 is 1.31. The van der Waals surface area contributed by atoms with Gasteiger partial charge in [-0.1, -0.05) is 6.08 Å². The number of carbonyl (C=O) groups excluding carboxylic acids is 2. The lowest BCUT2D eigenvalue weighted by Crippen LogP contribution is -2.53. The van der Waals surface area contributed by atoms with Gasteiger partial charge in [-0.05, 0) is 12.8 Å². The molecule has 0 unspecified atom stereocenters. The van der Waals surface area contributed by atoms with E-state index in [0.717, 1.165) is 31.6 Å². The molecule has 0 radical (unpaired) electrons. The fourth-order valence-corrected chi connectivity index (χ4v) is 3.85. The first kappa shape index (κ1) is 21.0. The molecular formula is C20H30N6O3. The first-order chi connectivity index (χ1) is 14.0. The van der Waals surface area contributed by atoms with E-state index in [-0.39, 0.29) is 23.3 Å². The lowest BCUT2D eigenvalue weighted by Gasteiger charge is -2.38. The van der Waals surface area contributed by atoms with Crippen molar-refractivity contribution in [1.29, 1.82) is 0 Å². The van der Waals surface area contributed by atoms with Gasteiger partial charge in [0.05, 0.1) is 18.4 Å². The van der Waals surface area contributed by atoms with Gasteiger partial charge in [0.2, 0.25) is 11.8 Å². The summed E-state index contributed by atoms with van der Waals surface area (Å²) in [7, 11) is 1.63. The molecule has 0 aromatic carbocycles. The second kappa shape index (κ2) is 9.69. The third kappa shape index (κ3) is 5.44. The zero-order valence-corrected chi connectivity index (χ0v) is 17.0. The highest BCUT2D eigenvalue weighted by molar-refractivity contribution is 5.80. The van der Waals surface area contributed by atoms with Gasteiger partial charge >= 0.3 is 0 Å². The Balaban J connectivity index is 1.44. The van der Waals surface area contributed by atoms with Gasteiger partial charge in [-0.2, -0.15) is 5.10 Å². The van der Waals surface area contributed by atoms with E-state index in [9.17, 15) is 14.4 Å². The number of anilines is 1. The van der Waals surface area contributed by atoms with Crippen molar-refractivity contribution in [3.63, 3.8) is 0 Å². The minimum absolute atomic E-state index is 0.0118. The van der Waals surface area contributed by atoms with Crippen LogP contribution in [0, 0.1) is 5.92 Å². The zero-order chi connectivity index (χ0) is 20.8. The van der Waals surface area contributed by atoms with Crippen molar-refractivity contribution in [3.8, 4) is 0 Å². The molecule has 1 N–H and O–H groups in total. The fraction of sp³-hybridized carbons (Fsp3) is 0.600. The summed E-state index contributed by atoms with van der Waals surface area (Å²) in [6.45, 7) is 8.66. The van der Waals surface area contributed by atoms with Crippen molar-refractivity contribution in [2.75, 3.05) is 57.3 Å². The number of amides is 2. The molecule has 2 aliphatic heterocycles. The molecule has 0 bridgehead atoms. The van der Waals surface area contributed by atoms with Gasteiger partial charge in [-0.15, -0.1) is 6.58 Å². The van der Waals surface area contributed by atoms with E-state index in [4.69, 9.17) is 0 Å². The normalized spacial score (nSPS) is 18.5. The lowest BCUT2D eigenvalue weighted by atomic mass is 9.94. The number of hydrogen-bond acceptors (Lipinski definition) is 6. The Morgan fingerprint density at radius 1 is 1.21 bits per heavy atom. The van der Waals surface area contributed by atoms with Crippen LogP contribution in [-0.4, -0.2) is 83.8 Å². The molecule has 2 aliphatic rings. The van der Waals surface area contributed by atoms with E-state index in [1.54, 1.807) is 25.4 Å². The standard InChI is InChI=1S/C20H30N6O3/c1-3-6-21-18(27)15-24-9-11-26(12-10-24)20(29)16-4-7-25(8-5-16)17-13-19(28)23(2)22-14-17/h3,13-14,16H,1,4-12,15H2,2H3,(H,21,27). The Labute approximate surface area is 171 Å². The molecule has 1 aromatic rings. The predicted octanol–water partition coefficient (Wildman–Crippen LogP) is -0.557. The van der Waals surface area contributed by atoms with Gasteiger partial charge < -0.3 is 15.1 Å². The highest BCUT2D eigenvalue weighted by Crippen LogP contribution is 2.24. The van der Waals surface area contributed by atoms with E-state index in [1.807, 2.05) is 4.90 Å². The number of rotatable bonds is 6. The number of nitrogens with one attached hydrogen (secondary N) is 1. The molecule has 0 spiro atoms. The maximum Gasteiger partial charge on any atom is 0.268 e. The summed E-state index contributed by atoms with van der Waals surface area (Å²) in [5, 5.41) is 6.85. The predicted molar refractivity (Wildman–Crippen MR) is 111 cm³/mol. The molecule has 2 fully saturated rings. The highest BCUT2D eigenvalue weighted by atomic mass is 16.2. The second-order valence-electron chi connectivity index (χ2n) is 7.63. The zero-order valence-electron chi connectivity index (χ0n) is 17.0. The Kier molecular flexibility index (Phi) is 7.03. The number of piperazine rings is 1. The summed E-state index contributed by atoms with van der Waals surface area (Å²) in [5.41, 5.74) is 0.694. The van der Waals surface area contributed by atoms with Gasteiger partial charge in [-0.3, -0.25) is 19.3 Å². The number of hydrogen-bond donors (Lipinski definition) is 1. The summed E-state index contributed by atoms with van der Waals surface area (Å²) in [5.74, 6) is 0.220. The first-order valence-corrected chi connectivity index (χ1v) is 10.1. The molecule has 1 aromatic heterocycles. The van der Waals surface area contributed by atoms with Crippen molar-refractivity contribution in [3.05, 3.63) is 35.3 Å². The van der Waals surface area contributed by atoms with Gasteiger partial charge in [-0.25, -0.2) is 4.68 Å². The van der Waals surface area contributed by atoms with Gasteiger partial charge in [0, 0.05) is 64.8 Å². The van der Waals surface area contributed by atoms with Crippen LogP contribution < -0.4 is 15.8 Å². The third-order valence-corrected chi connectivity index (χ3v) is 5.66. The molecule has 2 saturated heterocycles. The summed E-state index contributed by atoms with van der Waals surface area (Å²) in [6, 6.07) is 1.60. The van der Waals surface area contributed by atoms with Gasteiger partial charge in [0.1, 0.15) is 0 Å². The SMILES string of the molecule is C=CCNC(=O)CN1CCN(C(=O)C2CCN(c3cnn(C)c(=O)c3)CC2)CC1. The first-order valence-electron chi connectivity index (χ1n) is 10.1. The van der Waals surface area contributed by atoms with Crippen LogP contribution in [-0.2, 0) is 16.6 Å². The maximum atomic E-state index is 12.9. The van der Waals surface area contributed by atoms with E-state index in [0.29, 0.717) is 39.3 Å². The van der Waals surface area contributed by atoms with Crippen LogP contribution >= 0.6 is 0 Å². The number of nitrogens with zero attached hydrogens (tertiary/aromatic N) is 5. The molecule has 2 amide bonds. The number of aryl methyl sites for hydroxylation is 1. The Bertz CT molecular complexity index is 792. The fourth-order valence-electron chi connectivity index (χ4n) is 3.85. The van der Waals surface area contributed by atoms with Crippen LogP contribution in [0.1, 0.15) is 12.8 Å². The average Bonchev–Trinajstić information content (AvgIpc) is 2.74. The Morgan fingerprint density at radius 3 is 2.52 bits per heavy atom. The average molecular weight is 402 g/mol. The smallest absolute Gasteiger partial charge is 0.268 e. The van der Waals surface area contributed by atoms with Crippen LogP contribution in [0.3, 0.4) is 0 Å². The van der Waals surface area contributed by atoms with Crippen molar-refractivity contribution < 1.29 is 9.59 Å². The summed E-state index contributed by atoms with van der Waals surface area (Å²) in [6.07, 6.45) is 4.91. The molecule has 29 heavy (non-hydrogen) atoms. The van der Waals surface area contributed by atoms with Crippen LogP contribution in [0.4, 0.5) is 5.69 Å². The van der Waals surface area contributed by atoms with Crippen LogP contribution in [0.15, 0.2) is 29.7 Å². The summed E-state index contributed by atoms with van der Waals surface area (Å²) in [4.78, 5) is 42.6.